The van der Waals surface area contributed by atoms with Crippen molar-refractivity contribution in [2.24, 2.45) is 5.92 Å². The molecule has 2 aliphatic rings. The summed E-state index contributed by atoms with van der Waals surface area (Å²) in [6.45, 7) is 3.76. The highest BCUT2D eigenvalue weighted by molar-refractivity contribution is 6.31. The minimum atomic E-state index is -0.875. The zero-order chi connectivity index (χ0) is 23.2. The van der Waals surface area contributed by atoms with E-state index < -0.39 is 12.0 Å². The maximum absolute atomic E-state index is 11.6. The quantitative estimate of drug-likeness (QED) is 0.452. The number of anilines is 1. The molecular formula is C25H33ClN4O3. The fraction of sp³-hybridized carbons (Fsp3) is 0.560. The second-order valence-corrected chi connectivity index (χ2v) is 9.59. The van der Waals surface area contributed by atoms with Gasteiger partial charge in [0.1, 0.15) is 11.9 Å². The summed E-state index contributed by atoms with van der Waals surface area (Å²) in [7, 11) is 0. The van der Waals surface area contributed by atoms with E-state index in [-0.39, 0.29) is 6.10 Å². The van der Waals surface area contributed by atoms with Gasteiger partial charge in [0.25, 0.3) is 0 Å². The average molecular weight is 473 g/mol. The molecule has 2 aromatic heterocycles. The first-order valence-corrected chi connectivity index (χ1v) is 12.3. The Bertz CT molecular complexity index is 944. The molecule has 0 spiro atoms. The molecule has 1 atom stereocenters. The summed E-state index contributed by atoms with van der Waals surface area (Å²) in [6, 6.07) is 3.71. The number of aliphatic carboxylic acids is 1. The SMILES string of the molecule is Cc1cncc(Cl)c1CN[C@@H](CCOC1CC(CCc2ccc3c(n2)NCCC3)C1)C(=O)O. The van der Waals surface area contributed by atoms with Gasteiger partial charge in [-0.1, -0.05) is 17.7 Å². The molecule has 7 nitrogen and oxygen atoms in total. The van der Waals surface area contributed by atoms with Crippen molar-refractivity contribution >= 4 is 23.4 Å². The van der Waals surface area contributed by atoms with Crippen molar-refractivity contribution in [3.05, 3.63) is 51.9 Å². The highest BCUT2D eigenvalue weighted by atomic mass is 35.5. The van der Waals surface area contributed by atoms with E-state index in [1.54, 1.807) is 12.4 Å². The molecule has 1 aliphatic carbocycles. The van der Waals surface area contributed by atoms with Crippen molar-refractivity contribution < 1.29 is 14.6 Å². The van der Waals surface area contributed by atoms with Crippen LogP contribution in [0.2, 0.25) is 5.02 Å². The molecule has 8 heteroatoms. The van der Waals surface area contributed by atoms with E-state index in [4.69, 9.17) is 21.3 Å². The Kier molecular flexibility index (Phi) is 8.17. The van der Waals surface area contributed by atoms with Crippen LogP contribution in [0, 0.1) is 12.8 Å². The lowest BCUT2D eigenvalue weighted by Gasteiger charge is -2.35. The number of ether oxygens (including phenoxy) is 1. The monoisotopic (exact) mass is 472 g/mol. The van der Waals surface area contributed by atoms with Crippen LogP contribution in [0.1, 0.15) is 54.5 Å². The van der Waals surface area contributed by atoms with Gasteiger partial charge in [0.15, 0.2) is 0 Å². The van der Waals surface area contributed by atoms with Gasteiger partial charge < -0.3 is 20.5 Å². The van der Waals surface area contributed by atoms with Crippen LogP contribution in [-0.2, 0) is 28.9 Å². The number of carboxylic acid groups (broad SMARTS) is 1. The van der Waals surface area contributed by atoms with Gasteiger partial charge in [0, 0.05) is 37.8 Å². The fourth-order valence-electron chi connectivity index (χ4n) is 4.58. The minimum Gasteiger partial charge on any atom is -0.480 e. The molecule has 0 unspecified atom stereocenters. The largest absolute Gasteiger partial charge is 0.480 e. The number of carbonyl (C=O) groups is 1. The standard InChI is InChI=1S/C25H33ClN4O3/c1-16-13-27-15-22(26)21(16)14-29-23(25(31)32)8-10-33-20-11-17(12-20)4-6-19-7-5-18-3-2-9-28-24(18)30-19/h5,7,13,15,17,20,23,29H,2-4,6,8-12,14H2,1H3,(H,28,30)(H,31,32)/t17?,20?,23-/m0/s1. The molecular weight excluding hydrogens is 440 g/mol. The van der Waals surface area contributed by atoms with Crippen LogP contribution in [0.25, 0.3) is 0 Å². The van der Waals surface area contributed by atoms with Gasteiger partial charge in [-0.15, -0.1) is 0 Å². The number of pyridine rings is 2. The molecule has 0 radical (unpaired) electrons. The van der Waals surface area contributed by atoms with Crippen molar-refractivity contribution in [2.45, 2.75) is 70.6 Å². The Morgan fingerprint density at radius 1 is 1.36 bits per heavy atom. The maximum atomic E-state index is 11.6. The lowest BCUT2D eigenvalue weighted by Crippen LogP contribution is -2.39. The molecule has 3 N–H and O–H groups in total. The summed E-state index contributed by atoms with van der Waals surface area (Å²) < 4.78 is 5.95. The predicted octanol–water partition coefficient (Wildman–Crippen LogP) is 4.16. The van der Waals surface area contributed by atoms with Crippen LogP contribution in [-0.4, -0.2) is 46.3 Å². The maximum Gasteiger partial charge on any atom is 0.320 e. The highest BCUT2D eigenvalue weighted by Crippen LogP contribution is 2.34. The average Bonchev–Trinajstić information content (AvgIpc) is 2.77. The molecule has 0 saturated heterocycles. The van der Waals surface area contributed by atoms with Crippen molar-refractivity contribution in [1.82, 2.24) is 15.3 Å². The molecule has 178 valence electrons. The lowest BCUT2D eigenvalue weighted by molar-refractivity contribution is -0.140. The summed E-state index contributed by atoms with van der Waals surface area (Å²) >= 11 is 6.19. The van der Waals surface area contributed by atoms with E-state index in [0.717, 1.165) is 61.3 Å². The van der Waals surface area contributed by atoms with E-state index in [1.165, 1.54) is 12.0 Å². The third kappa shape index (κ3) is 6.43. The van der Waals surface area contributed by atoms with Crippen LogP contribution in [0.15, 0.2) is 24.5 Å². The molecule has 0 amide bonds. The topological polar surface area (TPSA) is 96.4 Å². The number of carboxylic acids is 1. The molecule has 1 aliphatic heterocycles. The summed E-state index contributed by atoms with van der Waals surface area (Å²) in [5, 5.41) is 16.6. The number of aryl methyl sites for hydroxylation is 3. The Morgan fingerprint density at radius 3 is 3.00 bits per heavy atom. The van der Waals surface area contributed by atoms with Crippen LogP contribution < -0.4 is 10.6 Å². The van der Waals surface area contributed by atoms with Crippen LogP contribution in [0.4, 0.5) is 5.82 Å². The van der Waals surface area contributed by atoms with Crippen LogP contribution in [0.3, 0.4) is 0 Å². The van der Waals surface area contributed by atoms with Crippen molar-refractivity contribution in [1.29, 1.82) is 0 Å². The first kappa shape index (κ1) is 23.9. The van der Waals surface area contributed by atoms with Crippen molar-refractivity contribution in [3.8, 4) is 0 Å². The number of rotatable bonds is 11. The predicted molar refractivity (Wildman–Crippen MR) is 129 cm³/mol. The first-order valence-electron chi connectivity index (χ1n) is 11.9. The number of halogens is 1. The number of aromatic nitrogens is 2. The first-order chi connectivity index (χ1) is 16.0. The molecule has 0 aromatic carbocycles. The van der Waals surface area contributed by atoms with E-state index in [1.807, 2.05) is 6.92 Å². The van der Waals surface area contributed by atoms with Crippen LogP contribution >= 0.6 is 11.6 Å². The van der Waals surface area contributed by atoms with Gasteiger partial charge in [-0.25, -0.2) is 4.98 Å². The molecule has 1 fully saturated rings. The second kappa shape index (κ2) is 11.3. The third-order valence-corrected chi connectivity index (χ3v) is 7.08. The van der Waals surface area contributed by atoms with E-state index >= 15 is 0 Å². The fourth-order valence-corrected chi connectivity index (χ4v) is 4.85. The van der Waals surface area contributed by atoms with Crippen molar-refractivity contribution in [3.63, 3.8) is 0 Å². The molecule has 1 saturated carbocycles. The number of hydrogen-bond acceptors (Lipinski definition) is 6. The van der Waals surface area contributed by atoms with Gasteiger partial charge in [-0.2, -0.15) is 0 Å². The Balaban J connectivity index is 1.14. The molecule has 33 heavy (non-hydrogen) atoms. The summed E-state index contributed by atoms with van der Waals surface area (Å²) in [6.07, 6.45) is 10.5. The van der Waals surface area contributed by atoms with Gasteiger partial charge >= 0.3 is 5.97 Å². The third-order valence-electron chi connectivity index (χ3n) is 6.76. The van der Waals surface area contributed by atoms with Gasteiger partial charge in [0.2, 0.25) is 0 Å². The number of fused-ring (bicyclic) bond motifs is 1. The van der Waals surface area contributed by atoms with Crippen LogP contribution in [0.5, 0.6) is 0 Å². The van der Waals surface area contributed by atoms with Gasteiger partial charge in [-0.05, 0) is 80.5 Å². The number of nitrogens with zero attached hydrogens (tertiary/aromatic N) is 2. The lowest BCUT2D eigenvalue weighted by atomic mass is 9.79. The Morgan fingerprint density at radius 2 is 2.21 bits per heavy atom. The Hall–Kier alpha value is -2.22. The van der Waals surface area contributed by atoms with Gasteiger partial charge in [0.05, 0.1) is 11.1 Å². The van der Waals surface area contributed by atoms with Gasteiger partial charge in [-0.3, -0.25) is 9.78 Å². The Labute approximate surface area is 200 Å². The number of nitrogens with one attached hydrogen (secondary N) is 2. The number of hydrogen-bond donors (Lipinski definition) is 3. The molecule has 3 heterocycles. The second-order valence-electron chi connectivity index (χ2n) is 9.19. The zero-order valence-corrected chi connectivity index (χ0v) is 19.9. The molecule has 0 bridgehead atoms. The molecule has 2 aromatic rings. The van der Waals surface area contributed by atoms with Crippen molar-refractivity contribution in [2.75, 3.05) is 18.5 Å². The summed E-state index contributed by atoms with van der Waals surface area (Å²) in [5.41, 5.74) is 4.31. The van der Waals surface area contributed by atoms with E-state index in [2.05, 4.69) is 27.8 Å². The zero-order valence-electron chi connectivity index (χ0n) is 19.1. The highest BCUT2D eigenvalue weighted by Gasteiger charge is 2.30. The summed E-state index contributed by atoms with van der Waals surface area (Å²) in [4.78, 5) is 20.5. The van der Waals surface area contributed by atoms with E-state index in [9.17, 15) is 9.90 Å². The normalized spacial score (nSPS) is 20.4. The van der Waals surface area contributed by atoms with E-state index in [0.29, 0.717) is 30.5 Å². The summed E-state index contributed by atoms with van der Waals surface area (Å²) in [5.74, 6) is 0.850. The smallest absolute Gasteiger partial charge is 0.320 e. The molecule has 4 rings (SSSR count). The minimum absolute atomic E-state index is 0.236.